The average Bonchev–Trinajstić information content (AvgIpc) is 2.46. The number of allylic oxidation sites excluding steroid dienone is 2. The first-order valence-corrected chi connectivity index (χ1v) is 7.22. The van der Waals surface area contributed by atoms with Gasteiger partial charge >= 0.3 is 0 Å². The number of benzene rings is 1. The lowest BCUT2D eigenvalue weighted by atomic mass is 9.83. The van der Waals surface area contributed by atoms with E-state index in [0.717, 1.165) is 18.4 Å². The summed E-state index contributed by atoms with van der Waals surface area (Å²) in [6.07, 6.45) is 4.60. The van der Waals surface area contributed by atoms with E-state index < -0.39 is 0 Å². The zero-order chi connectivity index (χ0) is 14.4. The number of aliphatic hydroxyl groups is 1. The van der Waals surface area contributed by atoms with E-state index in [9.17, 15) is 9.90 Å². The van der Waals surface area contributed by atoms with E-state index in [-0.39, 0.29) is 17.5 Å². The Kier molecular flexibility index (Phi) is 5.10. The summed E-state index contributed by atoms with van der Waals surface area (Å²) in [4.78, 5) is 16.4. The molecule has 20 heavy (non-hydrogen) atoms. The van der Waals surface area contributed by atoms with Gasteiger partial charge in [0.05, 0.1) is 5.57 Å². The Balaban J connectivity index is 2.09. The van der Waals surface area contributed by atoms with Crippen molar-refractivity contribution < 1.29 is 9.90 Å². The smallest absolute Gasteiger partial charge is 0.168 e. The number of hydrogen-bond donors (Lipinski definition) is 1. The largest absolute Gasteiger partial charge is 0.511 e. The molecule has 0 aromatic heterocycles. The lowest BCUT2D eigenvalue weighted by molar-refractivity contribution is -0.116. The van der Waals surface area contributed by atoms with E-state index in [4.69, 9.17) is 0 Å². The lowest BCUT2D eigenvalue weighted by Gasteiger charge is -2.22. The molecule has 0 saturated carbocycles. The highest BCUT2D eigenvalue weighted by Gasteiger charge is 2.27. The van der Waals surface area contributed by atoms with Crippen molar-refractivity contribution in [3.63, 3.8) is 0 Å². The molecule has 3 heteroatoms. The van der Waals surface area contributed by atoms with Gasteiger partial charge in [-0.25, -0.2) is 0 Å². The molecule has 3 nitrogen and oxygen atoms in total. The molecule has 1 aliphatic rings. The second-order valence-corrected chi connectivity index (χ2v) is 5.19. The molecule has 0 bridgehead atoms. The molecule has 1 atom stereocenters. The molecule has 1 aromatic carbocycles. The summed E-state index contributed by atoms with van der Waals surface area (Å²) in [6, 6.07) is 9.89. The minimum atomic E-state index is -0.0112. The van der Waals surface area contributed by atoms with Gasteiger partial charge in [-0.2, -0.15) is 0 Å². The second-order valence-electron chi connectivity index (χ2n) is 5.19. The second kappa shape index (κ2) is 7.04. The first-order chi connectivity index (χ1) is 9.72. The van der Waals surface area contributed by atoms with E-state index in [2.05, 4.69) is 11.9 Å². The van der Waals surface area contributed by atoms with Crippen LogP contribution in [-0.2, 0) is 4.79 Å². The van der Waals surface area contributed by atoms with Crippen LogP contribution < -0.4 is 0 Å². The van der Waals surface area contributed by atoms with Gasteiger partial charge in [-0.3, -0.25) is 9.79 Å². The van der Waals surface area contributed by atoms with Gasteiger partial charge in [-0.1, -0.05) is 43.7 Å². The van der Waals surface area contributed by atoms with Crippen molar-refractivity contribution in [3.05, 3.63) is 47.2 Å². The number of hydrogen-bond acceptors (Lipinski definition) is 3. The number of carbonyl (C=O) groups is 1. The highest BCUT2D eigenvalue weighted by molar-refractivity contribution is 6.14. The van der Waals surface area contributed by atoms with E-state index in [1.807, 2.05) is 30.3 Å². The molecular weight excluding hydrogens is 250 g/mol. The fourth-order valence-corrected chi connectivity index (χ4v) is 2.42. The molecule has 1 N–H and O–H groups in total. The fourth-order valence-electron chi connectivity index (χ4n) is 2.42. The first-order valence-electron chi connectivity index (χ1n) is 7.22. The molecule has 1 unspecified atom stereocenters. The number of nitrogens with zero attached hydrogens (tertiary/aromatic N) is 1. The van der Waals surface area contributed by atoms with Crippen LogP contribution in [0.4, 0.5) is 0 Å². The molecule has 2 rings (SSSR count). The van der Waals surface area contributed by atoms with Crippen molar-refractivity contribution in [3.8, 4) is 0 Å². The molecule has 106 valence electrons. The molecule has 1 aliphatic carbocycles. The van der Waals surface area contributed by atoms with E-state index in [0.29, 0.717) is 25.0 Å². The first kappa shape index (κ1) is 14.5. The van der Waals surface area contributed by atoms with Crippen LogP contribution >= 0.6 is 0 Å². The molecule has 0 radical (unpaired) electrons. The summed E-state index contributed by atoms with van der Waals surface area (Å²) in [7, 11) is 0. The number of aliphatic imine (C=N–C) groups is 1. The number of carbonyl (C=O) groups excluding carboxylic acids is 1. The van der Waals surface area contributed by atoms with Gasteiger partial charge in [0.2, 0.25) is 0 Å². The normalized spacial score (nSPS) is 19.9. The molecule has 0 fully saturated rings. The Morgan fingerprint density at radius 3 is 2.70 bits per heavy atom. The topological polar surface area (TPSA) is 49.7 Å². The molecule has 0 heterocycles. The van der Waals surface area contributed by atoms with Crippen LogP contribution in [0.1, 0.15) is 44.1 Å². The summed E-state index contributed by atoms with van der Waals surface area (Å²) in [5.41, 5.74) is 1.50. The number of Topliss-reactive ketones (excluding diaryl/α,β-unsaturated/α-hetero) is 1. The maximum Gasteiger partial charge on any atom is 0.168 e. The third-order valence-corrected chi connectivity index (χ3v) is 3.61. The standard InChI is InChI=1S/C17H21NO2/c1-2-3-9-18-12-15-16(19)10-14(11-17(15)20)13-7-5-4-6-8-13/h4-8,12,14,19H,2-3,9-11H2,1H3. The van der Waals surface area contributed by atoms with Crippen LogP contribution in [0, 0.1) is 0 Å². The van der Waals surface area contributed by atoms with Crippen LogP contribution in [-0.4, -0.2) is 23.6 Å². The maximum atomic E-state index is 12.1. The summed E-state index contributed by atoms with van der Waals surface area (Å²) in [5, 5.41) is 10.1. The van der Waals surface area contributed by atoms with Crippen LogP contribution in [0.15, 0.2) is 46.7 Å². The lowest BCUT2D eigenvalue weighted by Crippen LogP contribution is -2.19. The summed E-state index contributed by atoms with van der Waals surface area (Å²) >= 11 is 0. The van der Waals surface area contributed by atoms with Gasteiger partial charge in [0.25, 0.3) is 0 Å². The predicted octanol–water partition coefficient (Wildman–Crippen LogP) is 3.82. The Morgan fingerprint density at radius 1 is 1.30 bits per heavy atom. The molecular formula is C17H21NO2. The highest BCUT2D eigenvalue weighted by atomic mass is 16.3. The van der Waals surface area contributed by atoms with E-state index in [1.54, 1.807) is 6.21 Å². The van der Waals surface area contributed by atoms with Crippen molar-refractivity contribution in [1.29, 1.82) is 0 Å². The van der Waals surface area contributed by atoms with E-state index >= 15 is 0 Å². The van der Waals surface area contributed by atoms with Gasteiger partial charge in [0.1, 0.15) is 5.76 Å². The quantitative estimate of drug-likeness (QED) is 0.654. The van der Waals surface area contributed by atoms with Gasteiger partial charge in [0, 0.05) is 25.6 Å². The van der Waals surface area contributed by atoms with Crippen LogP contribution in [0.5, 0.6) is 0 Å². The Morgan fingerprint density at radius 2 is 2.05 bits per heavy atom. The van der Waals surface area contributed by atoms with E-state index in [1.165, 1.54) is 0 Å². The monoisotopic (exact) mass is 271 g/mol. The number of aliphatic hydroxyl groups excluding tert-OH is 1. The molecule has 0 aliphatic heterocycles. The number of ketones is 1. The Hall–Kier alpha value is -1.90. The third kappa shape index (κ3) is 3.56. The SMILES string of the molecule is CCCCN=CC1=C(O)CC(c2ccccc2)CC1=O. The zero-order valence-electron chi connectivity index (χ0n) is 11.9. The molecule has 1 aromatic rings. The van der Waals surface area contributed by atoms with Crippen molar-refractivity contribution in [1.82, 2.24) is 0 Å². The highest BCUT2D eigenvalue weighted by Crippen LogP contribution is 2.32. The maximum absolute atomic E-state index is 12.1. The Bertz CT molecular complexity index is 517. The van der Waals surface area contributed by atoms with Crippen molar-refractivity contribution >= 4 is 12.0 Å². The van der Waals surface area contributed by atoms with Crippen molar-refractivity contribution in [2.75, 3.05) is 6.54 Å². The molecule has 0 amide bonds. The van der Waals surface area contributed by atoms with Crippen molar-refractivity contribution in [2.24, 2.45) is 4.99 Å². The number of unbranched alkanes of at least 4 members (excludes halogenated alkanes) is 1. The summed E-state index contributed by atoms with van der Waals surface area (Å²) < 4.78 is 0. The zero-order valence-corrected chi connectivity index (χ0v) is 11.9. The average molecular weight is 271 g/mol. The van der Waals surface area contributed by atoms with Crippen molar-refractivity contribution in [2.45, 2.75) is 38.5 Å². The third-order valence-electron chi connectivity index (χ3n) is 3.61. The predicted molar refractivity (Wildman–Crippen MR) is 81.3 cm³/mol. The fraction of sp³-hybridized carbons (Fsp3) is 0.412. The number of rotatable bonds is 5. The minimum Gasteiger partial charge on any atom is -0.511 e. The van der Waals surface area contributed by atoms with Gasteiger partial charge in [0.15, 0.2) is 5.78 Å². The summed E-state index contributed by atoms with van der Waals surface area (Å²) in [5.74, 6) is 0.245. The molecule has 0 saturated heterocycles. The van der Waals surface area contributed by atoms with Crippen LogP contribution in [0.25, 0.3) is 0 Å². The summed E-state index contributed by atoms with van der Waals surface area (Å²) in [6.45, 7) is 2.81. The molecule has 0 spiro atoms. The van der Waals surface area contributed by atoms with Gasteiger partial charge in [-0.15, -0.1) is 0 Å². The van der Waals surface area contributed by atoms with Crippen LogP contribution in [0.3, 0.4) is 0 Å². The van der Waals surface area contributed by atoms with Gasteiger partial charge in [-0.05, 0) is 17.9 Å². The minimum absolute atomic E-state index is 0.0112. The van der Waals surface area contributed by atoms with Gasteiger partial charge < -0.3 is 5.11 Å². The van der Waals surface area contributed by atoms with Crippen LogP contribution in [0.2, 0.25) is 0 Å². The Labute approximate surface area is 120 Å².